The zero-order chi connectivity index (χ0) is 11.9. The molecule has 15 heavy (non-hydrogen) atoms. The molecule has 0 aliphatic heterocycles. The summed E-state index contributed by atoms with van der Waals surface area (Å²) in [4.78, 5) is 0. The maximum Gasteiger partial charge on any atom is 0.00373 e. The van der Waals surface area contributed by atoms with Gasteiger partial charge in [0.05, 0.1) is 0 Å². The van der Waals surface area contributed by atoms with Gasteiger partial charge in [-0.1, -0.05) is 52.0 Å². The molecule has 0 heteroatoms. The normalized spacial score (nSPS) is 16.5. The Morgan fingerprint density at radius 2 is 1.60 bits per heavy atom. The maximum atomic E-state index is 3.91. The van der Waals surface area contributed by atoms with Crippen LogP contribution in [-0.2, 0) is 0 Å². The second kappa shape index (κ2) is 6.66. The second-order valence-corrected chi connectivity index (χ2v) is 4.34. The minimum Gasteiger partial charge on any atom is -0.102 e. The van der Waals surface area contributed by atoms with Gasteiger partial charge in [-0.15, -0.1) is 6.58 Å². The molecule has 86 valence electrons. The lowest BCUT2D eigenvalue weighted by molar-refractivity contribution is 0.509. The molecule has 0 nitrogen and oxygen atoms in total. The van der Waals surface area contributed by atoms with E-state index in [-0.39, 0.29) is 5.41 Å². The highest BCUT2D eigenvalue weighted by Gasteiger charge is 2.23. The van der Waals surface area contributed by atoms with Crippen LogP contribution in [-0.4, -0.2) is 0 Å². The van der Waals surface area contributed by atoms with Crippen LogP contribution in [0.15, 0.2) is 36.5 Å². The number of hydrogen-bond donors (Lipinski definition) is 0. The van der Waals surface area contributed by atoms with Crippen LogP contribution in [0.2, 0.25) is 0 Å². The van der Waals surface area contributed by atoms with Gasteiger partial charge in [-0.2, -0.15) is 0 Å². The van der Waals surface area contributed by atoms with Gasteiger partial charge in [0.1, 0.15) is 0 Å². The lowest BCUT2D eigenvalue weighted by atomic mass is 9.75. The number of hydrogen-bond acceptors (Lipinski definition) is 0. The molecule has 0 bridgehead atoms. The fraction of sp³-hybridized carbons (Fsp3) is 0.600. The molecular weight excluding hydrogens is 180 g/mol. The summed E-state index contributed by atoms with van der Waals surface area (Å²) < 4.78 is 0. The summed E-state index contributed by atoms with van der Waals surface area (Å²) in [6.45, 7) is 16.3. The van der Waals surface area contributed by atoms with Crippen molar-refractivity contribution in [2.24, 2.45) is 5.41 Å². The van der Waals surface area contributed by atoms with E-state index in [2.05, 4.69) is 33.1 Å². The molecule has 0 aromatic heterocycles. The summed E-state index contributed by atoms with van der Waals surface area (Å²) in [5.41, 5.74) is 3.16. The first-order valence-electron chi connectivity index (χ1n) is 6.10. The van der Waals surface area contributed by atoms with E-state index in [1.54, 1.807) is 5.57 Å². The summed E-state index contributed by atoms with van der Waals surface area (Å²) in [5, 5.41) is 0. The molecule has 0 saturated heterocycles. The average molecular weight is 206 g/mol. The highest BCUT2D eigenvalue weighted by molar-refractivity contribution is 5.32. The SMILES string of the molecule is C=CC1=C(C(C)(C)C=C)CCCC1.CC. The lowest BCUT2D eigenvalue weighted by Crippen LogP contribution is -2.15. The van der Waals surface area contributed by atoms with Gasteiger partial charge in [-0.3, -0.25) is 0 Å². The predicted octanol–water partition coefficient (Wildman–Crippen LogP) is 5.28. The molecule has 0 aromatic rings. The van der Waals surface area contributed by atoms with Crippen LogP contribution in [0.3, 0.4) is 0 Å². The van der Waals surface area contributed by atoms with Gasteiger partial charge in [0.25, 0.3) is 0 Å². The largest absolute Gasteiger partial charge is 0.102 e. The summed E-state index contributed by atoms with van der Waals surface area (Å²) in [6.07, 6.45) is 9.15. The Kier molecular flexibility index (Phi) is 6.31. The molecule has 0 fully saturated rings. The topological polar surface area (TPSA) is 0 Å². The van der Waals surface area contributed by atoms with Crippen LogP contribution in [0.4, 0.5) is 0 Å². The Balaban J connectivity index is 0.000000921. The highest BCUT2D eigenvalue weighted by Crippen LogP contribution is 2.38. The minimum atomic E-state index is 0.157. The quantitative estimate of drug-likeness (QED) is 0.551. The molecule has 1 aliphatic rings. The molecule has 0 spiro atoms. The van der Waals surface area contributed by atoms with Gasteiger partial charge in [-0.25, -0.2) is 0 Å². The van der Waals surface area contributed by atoms with Crippen LogP contribution in [0.5, 0.6) is 0 Å². The smallest absolute Gasteiger partial charge is 0.00373 e. The molecule has 0 amide bonds. The van der Waals surface area contributed by atoms with Crippen molar-refractivity contribution in [3.8, 4) is 0 Å². The Hall–Kier alpha value is -0.780. The number of rotatable bonds is 3. The van der Waals surface area contributed by atoms with E-state index >= 15 is 0 Å². The summed E-state index contributed by atoms with van der Waals surface area (Å²) in [5.74, 6) is 0. The highest BCUT2D eigenvalue weighted by atomic mass is 14.3. The molecule has 0 atom stereocenters. The van der Waals surface area contributed by atoms with Crippen molar-refractivity contribution in [2.45, 2.75) is 53.4 Å². The van der Waals surface area contributed by atoms with Crippen molar-refractivity contribution in [1.29, 1.82) is 0 Å². The molecule has 0 N–H and O–H groups in total. The Labute approximate surface area is 95.8 Å². The van der Waals surface area contributed by atoms with Crippen LogP contribution in [0.25, 0.3) is 0 Å². The first-order chi connectivity index (χ1) is 7.11. The van der Waals surface area contributed by atoms with Crippen LogP contribution in [0, 0.1) is 5.41 Å². The van der Waals surface area contributed by atoms with Gasteiger partial charge < -0.3 is 0 Å². The van der Waals surface area contributed by atoms with E-state index in [9.17, 15) is 0 Å². The van der Waals surface area contributed by atoms with Gasteiger partial charge in [0, 0.05) is 5.41 Å². The first kappa shape index (κ1) is 14.2. The van der Waals surface area contributed by atoms with Crippen molar-refractivity contribution in [3.05, 3.63) is 36.5 Å². The standard InChI is InChI=1S/C13H20.C2H6/c1-5-11-9-7-8-10-12(11)13(3,4)6-2;1-2/h5-6H,1-2,7-10H2,3-4H3;1-2H3. The third-order valence-electron chi connectivity index (χ3n) is 3.05. The van der Waals surface area contributed by atoms with E-state index in [4.69, 9.17) is 0 Å². The molecule has 1 rings (SSSR count). The molecule has 1 aliphatic carbocycles. The van der Waals surface area contributed by atoms with Crippen molar-refractivity contribution in [3.63, 3.8) is 0 Å². The van der Waals surface area contributed by atoms with Gasteiger partial charge >= 0.3 is 0 Å². The van der Waals surface area contributed by atoms with Crippen molar-refractivity contribution in [2.75, 3.05) is 0 Å². The third-order valence-corrected chi connectivity index (χ3v) is 3.05. The molecule has 0 saturated carbocycles. The average Bonchev–Trinajstić information content (AvgIpc) is 2.31. The number of allylic oxidation sites excluding steroid dienone is 4. The Morgan fingerprint density at radius 3 is 2.07 bits per heavy atom. The second-order valence-electron chi connectivity index (χ2n) is 4.34. The Morgan fingerprint density at radius 1 is 1.07 bits per heavy atom. The summed E-state index contributed by atoms with van der Waals surface area (Å²) >= 11 is 0. The fourth-order valence-corrected chi connectivity index (χ4v) is 2.01. The van der Waals surface area contributed by atoms with E-state index in [1.807, 2.05) is 19.9 Å². The van der Waals surface area contributed by atoms with Crippen LogP contribution in [0.1, 0.15) is 53.4 Å². The predicted molar refractivity (Wildman–Crippen MR) is 71.0 cm³/mol. The van der Waals surface area contributed by atoms with Crippen LogP contribution < -0.4 is 0 Å². The molecule has 0 aromatic carbocycles. The first-order valence-corrected chi connectivity index (χ1v) is 6.10. The van der Waals surface area contributed by atoms with Gasteiger partial charge in [0.2, 0.25) is 0 Å². The van der Waals surface area contributed by atoms with E-state index < -0.39 is 0 Å². The van der Waals surface area contributed by atoms with Crippen molar-refractivity contribution < 1.29 is 0 Å². The van der Waals surface area contributed by atoms with Gasteiger partial charge in [-0.05, 0) is 31.3 Å². The summed E-state index contributed by atoms with van der Waals surface area (Å²) in [7, 11) is 0. The third kappa shape index (κ3) is 3.70. The zero-order valence-corrected chi connectivity index (χ0v) is 10.9. The van der Waals surface area contributed by atoms with E-state index in [0.29, 0.717) is 0 Å². The summed E-state index contributed by atoms with van der Waals surface area (Å²) in [6, 6.07) is 0. The fourth-order valence-electron chi connectivity index (χ4n) is 2.01. The van der Waals surface area contributed by atoms with E-state index in [1.165, 1.54) is 31.3 Å². The molecule has 0 unspecified atom stereocenters. The zero-order valence-electron chi connectivity index (χ0n) is 10.9. The molecular formula is C15H26. The maximum absolute atomic E-state index is 3.91. The minimum absolute atomic E-state index is 0.157. The van der Waals surface area contributed by atoms with Gasteiger partial charge in [0.15, 0.2) is 0 Å². The van der Waals surface area contributed by atoms with E-state index in [0.717, 1.165) is 0 Å². The molecule has 0 heterocycles. The van der Waals surface area contributed by atoms with Crippen molar-refractivity contribution >= 4 is 0 Å². The lowest BCUT2D eigenvalue weighted by Gasteiger charge is -2.30. The monoisotopic (exact) mass is 206 g/mol. The Bertz CT molecular complexity index is 241. The molecule has 0 radical (unpaired) electrons. The van der Waals surface area contributed by atoms with Crippen LogP contribution >= 0.6 is 0 Å². The van der Waals surface area contributed by atoms with Crippen molar-refractivity contribution in [1.82, 2.24) is 0 Å².